The van der Waals surface area contributed by atoms with Crippen molar-refractivity contribution in [2.24, 2.45) is 0 Å². The number of nitrogens with zero attached hydrogens (tertiary/aromatic N) is 1. The fourth-order valence-corrected chi connectivity index (χ4v) is 7.38. The Labute approximate surface area is 243 Å². The zero-order chi connectivity index (χ0) is 27.4. The topological polar surface area (TPSA) is 30.9 Å². The van der Waals surface area contributed by atoms with Gasteiger partial charge in [0.25, 0.3) is 13.4 Å². The van der Waals surface area contributed by atoms with Crippen molar-refractivity contribution >= 4 is 63.3 Å². The van der Waals surface area contributed by atoms with Crippen LogP contribution in [-0.4, -0.2) is 13.4 Å². The molecule has 0 spiro atoms. The summed E-state index contributed by atoms with van der Waals surface area (Å²) in [5.41, 5.74) is 10.3. The Balaban J connectivity index is 1.22. The lowest BCUT2D eigenvalue weighted by Crippen LogP contribution is -2.61. The van der Waals surface area contributed by atoms with Crippen LogP contribution >= 0.6 is 0 Å². The van der Waals surface area contributed by atoms with Gasteiger partial charge in [0.15, 0.2) is 11.5 Å². The Kier molecular flexibility index (Phi) is 4.32. The maximum Gasteiger partial charge on any atom is 0.260 e. The summed E-state index contributed by atoms with van der Waals surface area (Å²) in [6, 6.07) is 44.5. The molecule has 4 heterocycles. The minimum atomic E-state index is -0.00116. The monoisotopic (exact) mass is 537 g/mol. The van der Waals surface area contributed by atoms with E-state index >= 15 is 0 Å². The highest BCUT2D eigenvalue weighted by Gasteiger charge is 2.46. The maximum atomic E-state index is 6.88. The van der Waals surface area contributed by atoms with E-state index < -0.39 is 0 Å². The third kappa shape index (κ3) is 2.83. The van der Waals surface area contributed by atoms with Crippen LogP contribution in [0.2, 0.25) is 0 Å². The summed E-state index contributed by atoms with van der Waals surface area (Å²) in [7, 11) is 0. The standard InChI is InChI=1S/C36H21B2NO3/c1-2-10-22(11-3-1)39-27-14-6-4-12-23(27)37-25-20-21-26-36(35(25)41-30-17-8-15-28(39)33(30)37)42-32-19-9-18-31-34(32)38(26)24-13-5-7-16-29(24)40-31/h1-21H. The fraction of sp³-hybridized carbons (Fsp3) is 0. The average molecular weight is 537 g/mol. The summed E-state index contributed by atoms with van der Waals surface area (Å²) in [5.74, 6) is 5.00. The summed E-state index contributed by atoms with van der Waals surface area (Å²) in [4.78, 5) is 2.35. The van der Waals surface area contributed by atoms with Crippen molar-refractivity contribution in [1.29, 1.82) is 0 Å². The van der Waals surface area contributed by atoms with E-state index in [2.05, 4.69) is 102 Å². The van der Waals surface area contributed by atoms with E-state index in [0.29, 0.717) is 0 Å². The molecule has 6 aromatic rings. The zero-order valence-corrected chi connectivity index (χ0v) is 22.5. The van der Waals surface area contributed by atoms with Gasteiger partial charge in [0.2, 0.25) is 0 Å². The Morgan fingerprint density at radius 2 is 0.929 bits per heavy atom. The van der Waals surface area contributed by atoms with E-state index in [9.17, 15) is 0 Å². The van der Waals surface area contributed by atoms with Crippen molar-refractivity contribution in [2.45, 2.75) is 0 Å². The number of hydrogen-bond acceptors (Lipinski definition) is 4. The highest BCUT2D eigenvalue weighted by atomic mass is 16.5. The highest BCUT2D eigenvalue weighted by Crippen LogP contribution is 2.44. The lowest BCUT2D eigenvalue weighted by Gasteiger charge is -2.41. The molecule has 6 heteroatoms. The van der Waals surface area contributed by atoms with Crippen LogP contribution in [0.3, 0.4) is 0 Å². The molecule has 0 aromatic heterocycles. The number of fused-ring (bicyclic) bond motifs is 9. The first kappa shape index (κ1) is 22.4. The van der Waals surface area contributed by atoms with Gasteiger partial charge in [-0.2, -0.15) is 0 Å². The molecule has 194 valence electrons. The smallest absolute Gasteiger partial charge is 0.260 e. The van der Waals surface area contributed by atoms with E-state index in [1.54, 1.807) is 0 Å². The van der Waals surface area contributed by atoms with Crippen LogP contribution < -0.4 is 51.9 Å². The van der Waals surface area contributed by atoms with Crippen molar-refractivity contribution < 1.29 is 14.2 Å². The summed E-state index contributed by atoms with van der Waals surface area (Å²) < 4.78 is 20.0. The van der Waals surface area contributed by atoms with Crippen molar-refractivity contribution in [1.82, 2.24) is 0 Å². The summed E-state index contributed by atoms with van der Waals surface area (Å²) in [6.45, 7) is 0.0125. The van der Waals surface area contributed by atoms with E-state index in [1.807, 2.05) is 30.3 Å². The van der Waals surface area contributed by atoms with Gasteiger partial charge >= 0.3 is 0 Å². The van der Waals surface area contributed by atoms with Crippen LogP contribution in [-0.2, 0) is 0 Å². The number of hydrogen-bond donors (Lipinski definition) is 0. The molecule has 0 radical (unpaired) electrons. The first-order chi connectivity index (χ1) is 20.8. The number of anilines is 3. The van der Waals surface area contributed by atoms with E-state index in [0.717, 1.165) is 67.7 Å². The normalized spacial score (nSPS) is 14.1. The molecule has 0 bridgehead atoms. The predicted octanol–water partition coefficient (Wildman–Crippen LogP) is 4.82. The summed E-state index contributed by atoms with van der Waals surface area (Å²) >= 11 is 0. The molecule has 0 saturated heterocycles. The number of rotatable bonds is 1. The third-order valence-electron chi connectivity index (χ3n) is 9.06. The first-order valence-electron chi connectivity index (χ1n) is 14.3. The van der Waals surface area contributed by atoms with E-state index in [1.165, 1.54) is 16.6 Å². The SMILES string of the molecule is c1ccc(N2c3ccccc3B3c4ccc5c(c4Oc4cccc2c43)Oc2cccc3c2B5c2ccccc2O3)cc1. The Morgan fingerprint density at radius 3 is 1.71 bits per heavy atom. The van der Waals surface area contributed by atoms with E-state index in [-0.39, 0.29) is 13.4 Å². The van der Waals surface area contributed by atoms with Gasteiger partial charge in [-0.05, 0) is 75.8 Å². The summed E-state index contributed by atoms with van der Waals surface area (Å²) in [5, 5.41) is 0. The molecular formula is C36H21B2NO3. The van der Waals surface area contributed by atoms with Gasteiger partial charge in [-0.3, -0.25) is 0 Å². The van der Waals surface area contributed by atoms with Crippen LogP contribution in [0.5, 0.6) is 34.5 Å². The van der Waals surface area contributed by atoms with Crippen molar-refractivity contribution in [3.63, 3.8) is 0 Å². The second kappa shape index (κ2) is 8.11. The maximum absolute atomic E-state index is 6.88. The van der Waals surface area contributed by atoms with Crippen LogP contribution in [0.15, 0.2) is 127 Å². The molecular weight excluding hydrogens is 516 g/mol. The minimum absolute atomic E-state index is 0.00116. The lowest BCUT2D eigenvalue weighted by atomic mass is 9.32. The number of ether oxygens (including phenoxy) is 3. The zero-order valence-electron chi connectivity index (χ0n) is 22.5. The van der Waals surface area contributed by atoms with Gasteiger partial charge in [-0.15, -0.1) is 0 Å². The molecule has 4 aliphatic rings. The molecule has 42 heavy (non-hydrogen) atoms. The van der Waals surface area contributed by atoms with Crippen molar-refractivity contribution in [3.8, 4) is 34.5 Å². The number of para-hydroxylation sites is 3. The molecule has 10 rings (SSSR count). The summed E-state index contributed by atoms with van der Waals surface area (Å²) in [6.07, 6.45) is 0. The highest BCUT2D eigenvalue weighted by molar-refractivity contribution is 7.00. The van der Waals surface area contributed by atoms with Crippen LogP contribution in [0, 0.1) is 0 Å². The van der Waals surface area contributed by atoms with Gasteiger partial charge in [-0.1, -0.05) is 78.9 Å². The molecule has 4 nitrogen and oxygen atoms in total. The van der Waals surface area contributed by atoms with Crippen molar-refractivity contribution in [3.05, 3.63) is 127 Å². The lowest BCUT2D eigenvalue weighted by molar-refractivity contribution is 0.420. The van der Waals surface area contributed by atoms with Crippen LogP contribution in [0.1, 0.15) is 0 Å². The van der Waals surface area contributed by atoms with Gasteiger partial charge in [-0.25, -0.2) is 0 Å². The fourth-order valence-electron chi connectivity index (χ4n) is 7.38. The van der Waals surface area contributed by atoms with Gasteiger partial charge in [0, 0.05) is 22.5 Å². The Hall–Kier alpha value is -5.35. The second-order valence-electron chi connectivity index (χ2n) is 11.2. The molecule has 4 aliphatic heterocycles. The average Bonchev–Trinajstić information content (AvgIpc) is 3.05. The molecule has 0 saturated carbocycles. The van der Waals surface area contributed by atoms with Gasteiger partial charge < -0.3 is 19.1 Å². The molecule has 0 unspecified atom stereocenters. The molecule has 0 fully saturated rings. The molecule has 0 atom stereocenters. The van der Waals surface area contributed by atoms with Crippen LogP contribution in [0.4, 0.5) is 17.1 Å². The largest absolute Gasteiger partial charge is 0.458 e. The molecule has 0 N–H and O–H groups in total. The Morgan fingerprint density at radius 1 is 0.381 bits per heavy atom. The minimum Gasteiger partial charge on any atom is -0.458 e. The molecule has 6 aromatic carbocycles. The quantitative estimate of drug-likeness (QED) is 0.281. The van der Waals surface area contributed by atoms with Gasteiger partial charge in [0.1, 0.15) is 23.0 Å². The first-order valence-corrected chi connectivity index (χ1v) is 14.3. The third-order valence-corrected chi connectivity index (χ3v) is 9.06. The Bertz CT molecular complexity index is 2110. The van der Waals surface area contributed by atoms with Gasteiger partial charge in [0.05, 0.1) is 0 Å². The van der Waals surface area contributed by atoms with E-state index in [4.69, 9.17) is 14.2 Å². The number of benzene rings is 6. The molecule has 0 aliphatic carbocycles. The predicted molar refractivity (Wildman–Crippen MR) is 170 cm³/mol. The van der Waals surface area contributed by atoms with Crippen molar-refractivity contribution in [2.75, 3.05) is 4.90 Å². The molecule has 0 amide bonds. The van der Waals surface area contributed by atoms with Crippen LogP contribution in [0.25, 0.3) is 0 Å². The second-order valence-corrected chi connectivity index (χ2v) is 11.2.